The van der Waals surface area contributed by atoms with E-state index in [1.54, 1.807) is 0 Å². The summed E-state index contributed by atoms with van der Waals surface area (Å²) in [5.74, 6) is -0.670. The first kappa shape index (κ1) is 13.7. The summed E-state index contributed by atoms with van der Waals surface area (Å²) >= 11 is 0. The third-order valence-corrected chi connectivity index (χ3v) is 1.49. The molecule has 0 unspecified atom stereocenters. The van der Waals surface area contributed by atoms with Crippen LogP contribution in [0.15, 0.2) is 0 Å². The standard InChI is InChI=1S/C8H16O2.W/c1-2-3-4-5-6-7-8(9)10;/h2-7H2,1H3,(H,9,10);. The van der Waals surface area contributed by atoms with Crippen molar-refractivity contribution in [1.29, 1.82) is 0 Å². The molecule has 0 amide bonds. The molecule has 0 aromatic heterocycles. The minimum absolute atomic E-state index is 0. The van der Waals surface area contributed by atoms with E-state index in [4.69, 9.17) is 5.11 Å². The van der Waals surface area contributed by atoms with Crippen molar-refractivity contribution in [3.8, 4) is 0 Å². The topological polar surface area (TPSA) is 37.3 Å². The maximum atomic E-state index is 10.0. The maximum absolute atomic E-state index is 10.0. The zero-order chi connectivity index (χ0) is 7.82. The summed E-state index contributed by atoms with van der Waals surface area (Å²) in [7, 11) is 0. The molecule has 0 saturated heterocycles. The largest absolute Gasteiger partial charge is 0.481 e. The van der Waals surface area contributed by atoms with E-state index in [1.165, 1.54) is 19.3 Å². The van der Waals surface area contributed by atoms with E-state index < -0.39 is 5.97 Å². The van der Waals surface area contributed by atoms with Gasteiger partial charge in [0.15, 0.2) is 0 Å². The smallest absolute Gasteiger partial charge is 0.303 e. The number of aliphatic carboxylic acids is 1. The first-order valence-corrected chi connectivity index (χ1v) is 3.99. The molecule has 66 valence electrons. The minimum Gasteiger partial charge on any atom is -0.481 e. The molecule has 0 rings (SSSR count). The molecule has 0 aliphatic carbocycles. The zero-order valence-electron chi connectivity index (χ0n) is 7.01. The predicted molar refractivity (Wildman–Crippen MR) is 41.0 cm³/mol. The van der Waals surface area contributed by atoms with Gasteiger partial charge in [-0.25, -0.2) is 0 Å². The molecule has 1 N–H and O–H groups in total. The molecule has 0 atom stereocenters. The van der Waals surface area contributed by atoms with E-state index in [1.807, 2.05) is 0 Å². The van der Waals surface area contributed by atoms with E-state index in [-0.39, 0.29) is 21.1 Å². The molecule has 0 aliphatic rings. The SMILES string of the molecule is CCCCCCCC(=O)O.[W]. The van der Waals surface area contributed by atoms with Crippen LogP contribution in [-0.2, 0) is 25.9 Å². The summed E-state index contributed by atoms with van der Waals surface area (Å²) in [4.78, 5) is 10.0. The fourth-order valence-corrected chi connectivity index (χ4v) is 0.880. The molecule has 0 aromatic rings. The average Bonchev–Trinajstić information content (AvgIpc) is 1.87. The van der Waals surface area contributed by atoms with Crippen LogP contribution in [0.4, 0.5) is 0 Å². The van der Waals surface area contributed by atoms with E-state index in [9.17, 15) is 4.79 Å². The molecule has 0 spiro atoms. The van der Waals surface area contributed by atoms with Gasteiger partial charge in [0.05, 0.1) is 0 Å². The Hall–Kier alpha value is 0.158. The van der Waals surface area contributed by atoms with Gasteiger partial charge < -0.3 is 5.11 Å². The number of carbonyl (C=O) groups is 1. The van der Waals surface area contributed by atoms with Gasteiger partial charge in [-0.15, -0.1) is 0 Å². The third kappa shape index (κ3) is 13.2. The van der Waals surface area contributed by atoms with Gasteiger partial charge in [-0.3, -0.25) is 4.79 Å². The van der Waals surface area contributed by atoms with Crippen molar-refractivity contribution in [3.05, 3.63) is 0 Å². The first-order chi connectivity index (χ1) is 4.77. The van der Waals surface area contributed by atoms with Crippen LogP contribution in [-0.4, -0.2) is 11.1 Å². The van der Waals surface area contributed by atoms with Crippen LogP contribution in [0, 0.1) is 0 Å². The number of carboxylic acid groups (broad SMARTS) is 1. The molecular weight excluding hydrogens is 312 g/mol. The monoisotopic (exact) mass is 328 g/mol. The normalized spacial score (nSPS) is 8.82. The van der Waals surface area contributed by atoms with Crippen LogP contribution < -0.4 is 0 Å². The van der Waals surface area contributed by atoms with Crippen molar-refractivity contribution in [1.82, 2.24) is 0 Å². The van der Waals surface area contributed by atoms with E-state index >= 15 is 0 Å². The Morgan fingerprint density at radius 2 is 1.73 bits per heavy atom. The molecule has 0 heterocycles. The van der Waals surface area contributed by atoms with Crippen LogP contribution in [0.1, 0.15) is 45.4 Å². The number of carboxylic acids is 1. The summed E-state index contributed by atoms with van der Waals surface area (Å²) in [5.41, 5.74) is 0. The van der Waals surface area contributed by atoms with Gasteiger partial charge in [-0.2, -0.15) is 0 Å². The van der Waals surface area contributed by atoms with Gasteiger partial charge in [0.1, 0.15) is 0 Å². The Labute approximate surface area is 82.6 Å². The predicted octanol–water partition coefficient (Wildman–Crippen LogP) is 2.43. The Morgan fingerprint density at radius 1 is 1.18 bits per heavy atom. The van der Waals surface area contributed by atoms with Gasteiger partial charge in [-0.05, 0) is 6.42 Å². The molecule has 0 aliphatic heterocycles. The van der Waals surface area contributed by atoms with Crippen molar-refractivity contribution in [3.63, 3.8) is 0 Å². The van der Waals surface area contributed by atoms with Crippen molar-refractivity contribution < 1.29 is 31.0 Å². The van der Waals surface area contributed by atoms with Gasteiger partial charge in [0.25, 0.3) is 0 Å². The fraction of sp³-hybridized carbons (Fsp3) is 0.875. The average molecular weight is 328 g/mol. The Balaban J connectivity index is 0. The zero-order valence-corrected chi connectivity index (χ0v) is 9.94. The van der Waals surface area contributed by atoms with Crippen LogP contribution in [0.25, 0.3) is 0 Å². The third-order valence-electron chi connectivity index (χ3n) is 1.49. The van der Waals surface area contributed by atoms with Crippen LogP contribution in [0.2, 0.25) is 0 Å². The summed E-state index contributed by atoms with van der Waals surface area (Å²) in [6.07, 6.45) is 5.88. The molecule has 0 aromatic carbocycles. The molecule has 0 fully saturated rings. The van der Waals surface area contributed by atoms with Gasteiger partial charge in [0, 0.05) is 27.5 Å². The van der Waals surface area contributed by atoms with Gasteiger partial charge >= 0.3 is 5.97 Å². The second kappa shape index (κ2) is 10.2. The van der Waals surface area contributed by atoms with Crippen LogP contribution in [0.5, 0.6) is 0 Å². The Kier molecular flexibility index (Phi) is 12.7. The van der Waals surface area contributed by atoms with Gasteiger partial charge in [-0.1, -0.05) is 32.6 Å². The van der Waals surface area contributed by atoms with Crippen molar-refractivity contribution in [2.75, 3.05) is 0 Å². The molecule has 0 bridgehead atoms. The summed E-state index contributed by atoms with van der Waals surface area (Å²) in [6, 6.07) is 0. The summed E-state index contributed by atoms with van der Waals surface area (Å²) in [5, 5.41) is 8.27. The van der Waals surface area contributed by atoms with Crippen molar-refractivity contribution in [2.45, 2.75) is 45.4 Å². The quantitative estimate of drug-likeness (QED) is 0.761. The van der Waals surface area contributed by atoms with Crippen molar-refractivity contribution >= 4 is 5.97 Å². The molecule has 11 heavy (non-hydrogen) atoms. The minimum atomic E-state index is -0.670. The van der Waals surface area contributed by atoms with Crippen LogP contribution in [0.3, 0.4) is 0 Å². The second-order valence-electron chi connectivity index (χ2n) is 2.56. The fourth-order valence-electron chi connectivity index (χ4n) is 0.880. The number of hydrogen-bond acceptors (Lipinski definition) is 1. The summed E-state index contributed by atoms with van der Waals surface area (Å²) in [6.45, 7) is 2.15. The number of unbranched alkanes of at least 4 members (excludes halogenated alkanes) is 4. The summed E-state index contributed by atoms with van der Waals surface area (Å²) < 4.78 is 0. The number of rotatable bonds is 6. The van der Waals surface area contributed by atoms with E-state index in [0.717, 1.165) is 12.8 Å². The molecular formula is C8H16O2W. The second-order valence-corrected chi connectivity index (χ2v) is 2.56. The van der Waals surface area contributed by atoms with Gasteiger partial charge in [0.2, 0.25) is 0 Å². The molecule has 0 radical (unpaired) electrons. The van der Waals surface area contributed by atoms with E-state index in [2.05, 4.69) is 6.92 Å². The number of hydrogen-bond donors (Lipinski definition) is 1. The Morgan fingerprint density at radius 3 is 2.18 bits per heavy atom. The van der Waals surface area contributed by atoms with Crippen LogP contribution >= 0.6 is 0 Å². The van der Waals surface area contributed by atoms with E-state index in [0.29, 0.717) is 6.42 Å². The Bertz CT molecular complexity index is 94.1. The van der Waals surface area contributed by atoms with Crippen molar-refractivity contribution in [2.24, 2.45) is 0 Å². The maximum Gasteiger partial charge on any atom is 0.303 e. The molecule has 0 saturated carbocycles. The first-order valence-electron chi connectivity index (χ1n) is 3.99. The molecule has 2 nitrogen and oxygen atoms in total. The molecule has 3 heteroatoms.